The molecular formula is C36H54N4O9S. The highest BCUT2D eigenvalue weighted by atomic mass is 32.1. The number of esters is 1. The standard InChI is InChI=1S/C36H54N4O9S/c1-24(2)22-49-31(43)12-14-47-16-18-48-17-15-46-13-11-30(42)39-33(36(4,5)6)35(45)40-21-28(41)19-29(40)34(44)37-20-26-7-9-27(10-8-26)32-25(3)38-23-50-32/h7-10,23-24,28-29,33,41H,11-22H2,1-6H3,(H,37,44)(H,39,42)/t28-,29+,33-/m1/s1. The van der Waals surface area contributed by atoms with E-state index in [1.807, 2.05) is 71.3 Å². The Hall–Kier alpha value is -3.43. The number of amides is 3. The third-order valence-corrected chi connectivity index (χ3v) is 8.93. The lowest BCUT2D eigenvalue weighted by Gasteiger charge is -2.35. The molecule has 3 atom stereocenters. The van der Waals surface area contributed by atoms with Gasteiger partial charge in [-0.25, -0.2) is 4.98 Å². The van der Waals surface area contributed by atoms with E-state index >= 15 is 0 Å². The molecule has 1 aromatic heterocycles. The maximum Gasteiger partial charge on any atom is 0.308 e. The molecule has 1 aliphatic heterocycles. The summed E-state index contributed by atoms with van der Waals surface area (Å²) in [4.78, 5) is 58.3. The molecule has 0 radical (unpaired) electrons. The van der Waals surface area contributed by atoms with Crippen molar-refractivity contribution in [2.75, 3.05) is 52.8 Å². The summed E-state index contributed by atoms with van der Waals surface area (Å²) in [5.41, 5.74) is 4.07. The van der Waals surface area contributed by atoms with Gasteiger partial charge < -0.3 is 39.6 Å². The van der Waals surface area contributed by atoms with Crippen molar-refractivity contribution >= 4 is 35.0 Å². The number of nitrogens with zero attached hydrogens (tertiary/aromatic N) is 2. The Bertz CT molecular complexity index is 1380. The number of carbonyl (C=O) groups excluding carboxylic acids is 4. The molecule has 50 heavy (non-hydrogen) atoms. The van der Waals surface area contributed by atoms with E-state index in [0.717, 1.165) is 21.7 Å². The van der Waals surface area contributed by atoms with Crippen LogP contribution in [0.4, 0.5) is 0 Å². The highest BCUT2D eigenvalue weighted by Crippen LogP contribution is 2.28. The lowest BCUT2D eigenvalue weighted by atomic mass is 9.85. The first kappa shape index (κ1) is 41.0. The number of likely N-dealkylation sites (tertiary alicyclic amines) is 1. The molecule has 0 unspecified atom stereocenters. The van der Waals surface area contributed by atoms with Gasteiger partial charge in [0.15, 0.2) is 0 Å². The van der Waals surface area contributed by atoms with E-state index in [0.29, 0.717) is 32.3 Å². The summed E-state index contributed by atoms with van der Waals surface area (Å²) in [5, 5.41) is 16.2. The van der Waals surface area contributed by atoms with E-state index in [1.54, 1.807) is 11.3 Å². The van der Waals surface area contributed by atoms with Crippen LogP contribution in [0.3, 0.4) is 0 Å². The van der Waals surface area contributed by atoms with Crippen LogP contribution in [-0.4, -0.2) is 110 Å². The molecule has 3 amide bonds. The Kier molecular flexibility index (Phi) is 16.7. The second-order valence-corrected chi connectivity index (χ2v) is 14.7. The number of thiazole rings is 1. The first-order valence-corrected chi connectivity index (χ1v) is 18.1. The van der Waals surface area contributed by atoms with E-state index in [-0.39, 0.29) is 70.0 Å². The first-order chi connectivity index (χ1) is 23.8. The molecule has 1 saturated heterocycles. The van der Waals surface area contributed by atoms with Crippen LogP contribution < -0.4 is 10.6 Å². The maximum atomic E-state index is 13.8. The number of rotatable bonds is 20. The van der Waals surface area contributed by atoms with Gasteiger partial charge in [-0.1, -0.05) is 58.9 Å². The number of nitrogens with one attached hydrogen (secondary N) is 2. The van der Waals surface area contributed by atoms with E-state index in [2.05, 4.69) is 15.6 Å². The summed E-state index contributed by atoms with van der Waals surface area (Å²) < 4.78 is 21.4. The summed E-state index contributed by atoms with van der Waals surface area (Å²) in [6.07, 6.45) is -0.515. The molecule has 0 bridgehead atoms. The molecule has 1 aromatic carbocycles. The summed E-state index contributed by atoms with van der Waals surface area (Å²) in [6, 6.07) is 6.08. The van der Waals surface area contributed by atoms with Gasteiger partial charge in [0.1, 0.15) is 12.1 Å². The second-order valence-electron chi connectivity index (χ2n) is 13.9. The average Bonchev–Trinajstić information content (AvgIpc) is 3.68. The molecule has 14 heteroatoms. The number of hydrogen-bond acceptors (Lipinski definition) is 11. The van der Waals surface area contributed by atoms with Crippen LogP contribution in [0.2, 0.25) is 0 Å². The topological polar surface area (TPSA) is 166 Å². The summed E-state index contributed by atoms with van der Waals surface area (Å²) in [7, 11) is 0. The van der Waals surface area contributed by atoms with Crippen LogP contribution in [0.15, 0.2) is 29.8 Å². The number of hydrogen-bond donors (Lipinski definition) is 3. The Morgan fingerprint density at radius 3 is 2.18 bits per heavy atom. The molecule has 0 aliphatic carbocycles. The van der Waals surface area contributed by atoms with Crippen molar-refractivity contribution in [3.05, 3.63) is 41.0 Å². The first-order valence-electron chi connectivity index (χ1n) is 17.2. The van der Waals surface area contributed by atoms with Gasteiger partial charge in [0.05, 0.1) is 74.9 Å². The largest absolute Gasteiger partial charge is 0.465 e. The van der Waals surface area contributed by atoms with Crippen LogP contribution in [-0.2, 0) is 44.7 Å². The Morgan fingerprint density at radius 1 is 0.980 bits per heavy atom. The quantitative estimate of drug-likeness (QED) is 0.137. The summed E-state index contributed by atoms with van der Waals surface area (Å²) in [5.74, 6) is -1.14. The molecule has 0 spiro atoms. The minimum atomic E-state index is -0.918. The van der Waals surface area contributed by atoms with E-state index in [9.17, 15) is 24.3 Å². The van der Waals surface area contributed by atoms with Gasteiger partial charge in [-0.05, 0) is 29.4 Å². The number of aliphatic hydroxyl groups excluding tert-OH is 1. The zero-order valence-electron chi connectivity index (χ0n) is 30.2. The smallest absolute Gasteiger partial charge is 0.308 e. The van der Waals surface area contributed by atoms with E-state index < -0.39 is 29.5 Å². The minimum absolute atomic E-state index is 0.00125. The van der Waals surface area contributed by atoms with E-state index in [4.69, 9.17) is 18.9 Å². The monoisotopic (exact) mass is 718 g/mol. The minimum Gasteiger partial charge on any atom is -0.465 e. The molecule has 278 valence electrons. The van der Waals surface area contributed by atoms with Gasteiger partial charge in [-0.3, -0.25) is 19.2 Å². The van der Waals surface area contributed by atoms with Crippen LogP contribution >= 0.6 is 11.3 Å². The zero-order valence-corrected chi connectivity index (χ0v) is 31.0. The number of aromatic nitrogens is 1. The molecule has 1 aliphatic rings. The number of aryl methyl sites for hydroxylation is 1. The number of β-amino-alcohol motifs (C(OH)–C–C–N with tert-alkyl or cyclic N) is 1. The third kappa shape index (κ3) is 13.7. The fraction of sp³-hybridized carbons (Fsp3) is 0.639. The molecule has 1 fully saturated rings. The van der Waals surface area contributed by atoms with Gasteiger partial charge in [-0.15, -0.1) is 11.3 Å². The van der Waals surface area contributed by atoms with Crippen molar-refractivity contribution in [1.29, 1.82) is 0 Å². The van der Waals surface area contributed by atoms with Gasteiger partial charge >= 0.3 is 5.97 Å². The van der Waals surface area contributed by atoms with Crippen molar-refractivity contribution in [2.45, 2.75) is 85.5 Å². The molecule has 3 rings (SSSR count). The number of aliphatic hydroxyl groups is 1. The van der Waals surface area contributed by atoms with Crippen LogP contribution in [0.25, 0.3) is 10.4 Å². The second kappa shape index (κ2) is 20.4. The summed E-state index contributed by atoms with van der Waals surface area (Å²) in [6.45, 7) is 13.7. The van der Waals surface area contributed by atoms with Crippen molar-refractivity contribution in [1.82, 2.24) is 20.5 Å². The normalized spacial score (nSPS) is 16.8. The third-order valence-electron chi connectivity index (χ3n) is 7.96. The highest BCUT2D eigenvalue weighted by molar-refractivity contribution is 7.13. The van der Waals surface area contributed by atoms with Crippen LogP contribution in [0.1, 0.15) is 65.1 Å². The van der Waals surface area contributed by atoms with Crippen molar-refractivity contribution in [2.24, 2.45) is 11.3 Å². The fourth-order valence-electron chi connectivity index (χ4n) is 5.21. The van der Waals surface area contributed by atoms with Crippen molar-refractivity contribution in [3.8, 4) is 10.4 Å². The molecule has 2 heterocycles. The Labute approximate surface area is 299 Å². The Morgan fingerprint density at radius 2 is 1.60 bits per heavy atom. The van der Waals surface area contributed by atoms with Crippen LogP contribution in [0, 0.1) is 18.3 Å². The molecule has 2 aromatic rings. The predicted octanol–water partition coefficient (Wildman–Crippen LogP) is 3.26. The summed E-state index contributed by atoms with van der Waals surface area (Å²) >= 11 is 1.57. The maximum absolute atomic E-state index is 13.8. The average molecular weight is 719 g/mol. The lowest BCUT2D eigenvalue weighted by Crippen LogP contribution is -2.57. The van der Waals surface area contributed by atoms with Crippen LogP contribution in [0.5, 0.6) is 0 Å². The van der Waals surface area contributed by atoms with Gasteiger partial charge in [0.25, 0.3) is 0 Å². The fourth-order valence-corrected chi connectivity index (χ4v) is 6.02. The zero-order chi connectivity index (χ0) is 36.7. The van der Waals surface area contributed by atoms with Crippen molar-refractivity contribution < 1.29 is 43.2 Å². The molecule has 13 nitrogen and oxygen atoms in total. The predicted molar refractivity (Wildman–Crippen MR) is 189 cm³/mol. The molecule has 3 N–H and O–H groups in total. The highest BCUT2D eigenvalue weighted by Gasteiger charge is 2.44. The number of benzene rings is 1. The SMILES string of the molecule is Cc1ncsc1-c1ccc(CNC(=O)[C@@H]2C[C@@H](O)CN2C(=O)[C@@H](NC(=O)CCOCCOCCOCCC(=O)OCC(C)C)C(C)(C)C)cc1. The molecular weight excluding hydrogens is 664 g/mol. The number of carbonyl (C=O) groups is 4. The van der Waals surface area contributed by atoms with E-state index in [1.165, 1.54) is 4.90 Å². The molecule has 0 saturated carbocycles. The Balaban J connectivity index is 1.38. The number of ether oxygens (including phenoxy) is 4. The van der Waals surface area contributed by atoms with Crippen molar-refractivity contribution in [3.63, 3.8) is 0 Å². The van der Waals surface area contributed by atoms with Gasteiger partial charge in [-0.2, -0.15) is 0 Å². The lowest BCUT2D eigenvalue weighted by molar-refractivity contribution is -0.146. The van der Waals surface area contributed by atoms with Gasteiger partial charge in [0.2, 0.25) is 17.7 Å². The van der Waals surface area contributed by atoms with Gasteiger partial charge in [0, 0.05) is 25.9 Å².